The molecule has 0 saturated carbocycles. The van der Waals surface area contributed by atoms with Gasteiger partial charge in [0.2, 0.25) is 0 Å². The van der Waals surface area contributed by atoms with E-state index in [-0.39, 0.29) is 0 Å². The van der Waals surface area contributed by atoms with Crippen LogP contribution in [0.3, 0.4) is 0 Å². The van der Waals surface area contributed by atoms with Crippen LogP contribution in [0, 0.1) is 0 Å². The van der Waals surface area contributed by atoms with Gasteiger partial charge in [0.15, 0.2) is 5.96 Å². The van der Waals surface area contributed by atoms with Gasteiger partial charge in [-0.1, -0.05) is 18.6 Å². The molecule has 2 aromatic rings. The fourth-order valence-corrected chi connectivity index (χ4v) is 3.64. The standard InChI is InChI=1S/C21H32N6O/c1-22-21(26(2)16-17-10-12-18(28-3)13-11-17)23-14-7-9-20-25-24-19-8-5-4-6-15-27(19)20/h10-13H,4-9,14-16H2,1-3H3,(H,22,23). The van der Waals surface area contributed by atoms with Gasteiger partial charge in [-0.05, 0) is 37.0 Å². The fraction of sp³-hybridized carbons (Fsp3) is 0.571. The Morgan fingerprint density at radius 3 is 2.79 bits per heavy atom. The topological polar surface area (TPSA) is 67.6 Å². The molecule has 1 aliphatic heterocycles. The SMILES string of the molecule is CN=C(NCCCc1nnc2n1CCCCC2)N(C)Cc1ccc(OC)cc1. The average Bonchev–Trinajstić information content (AvgIpc) is 2.94. The Kier molecular flexibility index (Phi) is 7.28. The van der Waals surface area contributed by atoms with Crippen LogP contribution < -0.4 is 10.1 Å². The second-order valence-corrected chi connectivity index (χ2v) is 7.28. The first-order chi connectivity index (χ1) is 13.7. The minimum atomic E-state index is 0.793. The summed E-state index contributed by atoms with van der Waals surface area (Å²) in [6, 6.07) is 8.14. The summed E-state index contributed by atoms with van der Waals surface area (Å²) in [4.78, 5) is 6.54. The highest BCUT2D eigenvalue weighted by molar-refractivity contribution is 5.79. The van der Waals surface area contributed by atoms with E-state index in [9.17, 15) is 0 Å². The minimum absolute atomic E-state index is 0.793. The number of hydrogen-bond donors (Lipinski definition) is 1. The number of ether oxygens (including phenoxy) is 1. The zero-order chi connectivity index (χ0) is 19.8. The molecule has 1 N–H and O–H groups in total. The number of benzene rings is 1. The zero-order valence-corrected chi connectivity index (χ0v) is 17.3. The molecule has 7 nitrogen and oxygen atoms in total. The van der Waals surface area contributed by atoms with Crippen LogP contribution in [0.15, 0.2) is 29.3 Å². The number of aliphatic imine (C=N–C) groups is 1. The number of aryl methyl sites for hydroxylation is 2. The molecule has 2 heterocycles. The summed E-state index contributed by atoms with van der Waals surface area (Å²) in [5, 5.41) is 12.3. The zero-order valence-electron chi connectivity index (χ0n) is 17.3. The van der Waals surface area contributed by atoms with Crippen molar-refractivity contribution in [3.8, 4) is 5.75 Å². The summed E-state index contributed by atoms with van der Waals surface area (Å²) >= 11 is 0. The highest BCUT2D eigenvalue weighted by Gasteiger charge is 2.14. The van der Waals surface area contributed by atoms with Crippen molar-refractivity contribution in [1.29, 1.82) is 0 Å². The van der Waals surface area contributed by atoms with Gasteiger partial charge in [0.25, 0.3) is 0 Å². The van der Waals surface area contributed by atoms with Crippen molar-refractivity contribution >= 4 is 5.96 Å². The number of hydrogen-bond acceptors (Lipinski definition) is 4. The molecule has 0 spiro atoms. The predicted octanol–water partition coefficient (Wildman–Crippen LogP) is 2.65. The normalized spacial score (nSPS) is 14.3. The van der Waals surface area contributed by atoms with Crippen molar-refractivity contribution in [2.75, 3.05) is 27.7 Å². The first-order valence-corrected chi connectivity index (χ1v) is 10.2. The Balaban J connectivity index is 1.45. The van der Waals surface area contributed by atoms with Gasteiger partial charge in [0.05, 0.1) is 7.11 Å². The number of methoxy groups -OCH3 is 1. The van der Waals surface area contributed by atoms with Crippen LogP contribution in [0.25, 0.3) is 0 Å². The summed E-state index contributed by atoms with van der Waals surface area (Å²) in [7, 11) is 5.56. The molecular formula is C21H32N6O. The van der Waals surface area contributed by atoms with E-state index in [0.29, 0.717) is 0 Å². The summed E-state index contributed by atoms with van der Waals surface area (Å²) in [6.07, 6.45) is 6.78. The lowest BCUT2D eigenvalue weighted by Crippen LogP contribution is -2.39. The fourth-order valence-electron chi connectivity index (χ4n) is 3.64. The quantitative estimate of drug-likeness (QED) is 0.452. The van der Waals surface area contributed by atoms with E-state index in [1.165, 1.54) is 24.8 Å². The molecule has 152 valence electrons. The molecule has 28 heavy (non-hydrogen) atoms. The number of aromatic nitrogens is 3. The minimum Gasteiger partial charge on any atom is -0.497 e. The number of nitrogens with zero attached hydrogens (tertiary/aromatic N) is 5. The number of nitrogens with one attached hydrogen (secondary N) is 1. The summed E-state index contributed by atoms with van der Waals surface area (Å²) in [5.41, 5.74) is 1.22. The van der Waals surface area contributed by atoms with Crippen LogP contribution in [0.2, 0.25) is 0 Å². The van der Waals surface area contributed by atoms with Crippen molar-refractivity contribution in [1.82, 2.24) is 25.0 Å². The van der Waals surface area contributed by atoms with Crippen molar-refractivity contribution in [3.63, 3.8) is 0 Å². The predicted molar refractivity (Wildman–Crippen MR) is 112 cm³/mol. The van der Waals surface area contributed by atoms with Crippen LogP contribution >= 0.6 is 0 Å². The molecule has 1 aromatic carbocycles. The van der Waals surface area contributed by atoms with Gasteiger partial charge in [-0.3, -0.25) is 4.99 Å². The van der Waals surface area contributed by atoms with Gasteiger partial charge < -0.3 is 19.5 Å². The van der Waals surface area contributed by atoms with E-state index >= 15 is 0 Å². The summed E-state index contributed by atoms with van der Waals surface area (Å²) < 4.78 is 7.55. The second-order valence-electron chi connectivity index (χ2n) is 7.28. The lowest BCUT2D eigenvalue weighted by molar-refractivity contribution is 0.414. The van der Waals surface area contributed by atoms with Crippen LogP contribution in [0.4, 0.5) is 0 Å². The Morgan fingerprint density at radius 1 is 1.21 bits per heavy atom. The molecular weight excluding hydrogens is 352 g/mol. The monoisotopic (exact) mass is 384 g/mol. The molecule has 0 atom stereocenters. The molecule has 0 bridgehead atoms. The maximum Gasteiger partial charge on any atom is 0.193 e. The second kappa shape index (κ2) is 10.1. The third-order valence-corrected chi connectivity index (χ3v) is 5.20. The Morgan fingerprint density at radius 2 is 2.04 bits per heavy atom. The molecule has 1 aromatic heterocycles. The third-order valence-electron chi connectivity index (χ3n) is 5.20. The van der Waals surface area contributed by atoms with Crippen LogP contribution in [-0.4, -0.2) is 53.4 Å². The largest absolute Gasteiger partial charge is 0.497 e. The number of rotatable bonds is 7. The van der Waals surface area contributed by atoms with Gasteiger partial charge in [0.1, 0.15) is 17.4 Å². The molecule has 0 amide bonds. The van der Waals surface area contributed by atoms with Gasteiger partial charge in [-0.2, -0.15) is 0 Å². The average molecular weight is 385 g/mol. The molecule has 7 heteroatoms. The first kappa shape index (κ1) is 20.2. The molecule has 3 rings (SSSR count). The van der Waals surface area contributed by atoms with Crippen LogP contribution in [0.5, 0.6) is 5.75 Å². The Bertz CT molecular complexity index is 768. The van der Waals surface area contributed by atoms with Crippen molar-refractivity contribution in [2.24, 2.45) is 4.99 Å². The van der Waals surface area contributed by atoms with Gasteiger partial charge in [0, 0.05) is 46.6 Å². The van der Waals surface area contributed by atoms with E-state index in [1.807, 2.05) is 19.2 Å². The third kappa shape index (κ3) is 5.24. The van der Waals surface area contributed by atoms with Crippen LogP contribution in [0.1, 0.15) is 42.9 Å². The lowest BCUT2D eigenvalue weighted by atomic mass is 10.2. The highest BCUT2D eigenvalue weighted by atomic mass is 16.5. The van der Waals surface area contributed by atoms with Crippen molar-refractivity contribution in [2.45, 2.75) is 51.6 Å². The molecule has 0 unspecified atom stereocenters. The molecule has 1 aliphatic rings. The summed E-state index contributed by atoms with van der Waals surface area (Å²) in [6.45, 7) is 2.72. The molecule has 0 fully saturated rings. The maximum atomic E-state index is 5.22. The van der Waals surface area contributed by atoms with Crippen LogP contribution in [-0.2, 0) is 25.9 Å². The van der Waals surface area contributed by atoms with E-state index < -0.39 is 0 Å². The number of guanidine groups is 1. The van der Waals surface area contributed by atoms with Gasteiger partial charge in [-0.15, -0.1) is 10.2 Å². The lowest BCUT2D eigenvalue weighted by Gasteiger charge is -2.22. The molecule has 0 radical (unpaired) electrons. The summed E-state index contributed by atoms with van der Waals surface area (Å²) in [5.74, 6) is 4.06. The van der Waals surface area contributed by atoms with E-state index in [2.05, 4.69) is 49.2 Å². The van der Waals surface area contributed by atoms with E-state index in [1.54, 1.807) is 7.11 Å². The van der Waals surface area contributed by atoms with E-state index in [4.69, 9.17) is 4.74 Å². The van der Waals surface area contributed by atoms with Gasteiger partial charge in [-0.25, -0.2) is 0 Å². The Hall–Kier alpha value is -2.57. The molecule has 0 aliphatic carbocycles. The highest BCUT2D eigenvalue weighted by Crippen LogP contribution is 2.15. The van der Waals surface area contributed by atoms with Gasteiger partial charge >= 0.3 is 0 Å². The van der Waals surface area contributed by atoms with Crippen molar-refractivity contribution < 1.29 is 4.74 Å². The smallest absolute Gasteiger partial charge is 0.193 e. The Labute approximate surface area is 167 Å². The first-order valence-electron chi connectivity index (χ1n) is 10.2. The van der Waals surface area contributed by atoms with Crippen molar-refractivity contribution in [3.05, 3.63) is 41.5 Å². The maximum absolute atomic E-state index is 5.22. The number of fused-ring (bicyclic) bond motifs is 1. The van der Waals surface area contributed by atoms with E-state index in [0.717, 1.165) is 62.3 Å². The molecule has 0 saturated heterocycles.